The topological polar surface area (TPSA) is 25.8 Å². The molecule has 1 aromatic heterocycles. The lowest BCUT2D eigenvalue weighted by molar-refractivity contribution is 1.05. The zero-order chi connectivity index (χ0) is 5.98. The molecule has 1 rings (SSSR count). The van der Waals surface area contributed by atoms with Crippen molar-refractivity contribution in [2.45, 2.75) is 6.92 Å². The van der Waals surface area contributed by atoms with Crippen LogP contribution in [0.3, 0.4) is 0 Å². The van der Waals surface area contributed by atoms with Crippen molar-refractivity contribution in [1.29, 1.82) is 0 Å². The maximum atomic E-state index is 6.97. The lowest BCUT2D eigenvalue weighted by Crippen LogP contribution is -1.80. The molecule has 0 saturated heterocycles. The molecule has 0 aliphatic rings. The number of rotatable bonds is 0. The Balaban J connectivity index is 3.03. The van der Waals surface area contributed by atoms with Crippen LogP contribution in [-0.2, 0) is 0 Å². The lowest BCUT2D eigenvalue weighted by Gasteiger charge is -1.81. The van der Waals surface area contributed by atoms with Gasteiger partial charge in [-0.1, -0.05) is 0 Å². The Hall–Kier alpha value is -0.920. The Morgan fingerprint density at radius 1 is 1.57 bits per heavy atom. The van der Waals surface area contributed by atoms with E-state index < -0.39 is 0 Å². The molecule has 0 saturated carbocycles. The highest BCUT2D eigenvalue weighted by Gasteiger charge is 1.74. The normalized spacial score (nSPS) is 10.7. The van der Waals surface area contributed by atoms with Crippen LogP contribution in [0.2, 0.25) is 0 Å². The van der Waals surface area contributed by atoms with E-state index in [2.05, 4.69) is 9.97 Å². The molecule has 0 atom stereocenters. The average molecular weight is 95.1 g/mol. The maximum Gasteiger partial charge on any atom is 0.125 e. The van der Waals surface area contributed by atoms with E-state index in [0.29, 0.717) is 11.9 Å². The monoisotopic (exact) mass is 95.1 g/mol. The Morgan fingerprint density at radius 3 is 2.57 bits per heavy atom. The second-order valence-corrected chi connectivity index (χ2v) is 1.23. The van der Waals surface area contributed by atoms with E-state index in [1.54, 1.807) is 6.92 Å². The number of aromatic nitrogens is 2. The molecule has 2 nitrogen and oxygen atoms in total. The first kappa shape index (κ1) is 3.13. The Kier molecular flexibility index (Phi) is 0.754. The Bertz CT molecular complexity index is 149. The van der Waals surface area contributed by atoms with Crippen molar-refractivity contribution in [3.8, 4) is 0 Å². The summed E-state index contributed by atoms with van der Waals surface area (Å²) in [5.74, 6) is 0.709. The summed E-state index contributed by atoms with van der Waals surface area (Å²) in [5, 5.41) is 0. The molecule has 0 N–H and O–H groups in total. The van der Waals surface area contributed by atoms with E-state index >= 15 is 0 Å². The molecule has 0 spiro atoms. The molecule has 1 heterocycles. The van der Waals surface area contributed by atoms with Crippen molar-refractivity contribution in [2.24, 2.45) is 0 Å². The van der Waals surface area contributed by atoms with Gasteiger partial charge in [0, 0.05) is 12.4 Å². The molecule has 0 aliphatic heterocycles. The molecule has 36 valence electrons. The van der Waals surface area contributed by atoms with Gasteiger partial charge in [0.2, 0.25) is 0 Å². The van der Waals surface area contributed by atoms with Crippen LogP contribution < -0.4 is 0 Å². The molecule has 7 heavy (non-hydrogen) atoms. The summed E-state index contributed by atoms with van der Waals surface area (Å²) < 4.78 is 6.97. The van der Waals surface area contributed by atoms with E-state index in [4.69, 9.17) is 1.37 Å². The van der Waals surface area contributed by atoms with Crippen LogP contribution in [0.15, 0.2) is 18.4 Å². The van der Waals surface area contributed by atoms with Crippen LogP contribution in [0.1, 0.15) is 7.20 Å². The van der Waals surface area contributed by atoms with E-state index in [1.165, 1.54) is 12.4 Å². The summed E-state index contributed by atoms with van der Waals surface area (Å²) in [6.07, 6.45) is 2.95. The van der Waals surface area contributed by atoms with Crippen molar-refractivity contribution in [1.82, 2.24) is 9.97 Å². The van der Waals surface area contributed by atoms with Gasteiger partial charge in [0.05, 0.1) is 1.37 Å². The summed E-state index contributed by atoms with van der Waals surface area (Å²) in [7, 11) is 0. The van der Waals surface area contributed by atoms with E-state index in [1.807, 2.05) is 0 Å². The first-order valence-corrected chi connectivity index (χ1v) is 2.04. The highest BCUT2D eigenvalue weighted by atomic mass is 14.8. The summed E-state index contributed by atoms with van der Waals surface area (Å²) >= 11 is 0. The summed E-state index contributed by atoms with van der Waals surface area (Å²) in [6, 6.07) is 0.357. The van der Waals surface area contributed by atoms with E-state index in [0.717, 1.165) is 0 Å². The molecule has 0 radical (unpaired) electrons. The fourth-order valence-corrected chi connectivity index (χ4v) is 0.328. The van der Waals surface area contributed by atoms with Gasteiger partial charge in [-0.3, -0.25) is 0 Å². The number of aryl methyl sites for hydroxylation is 1. The number of hydrogen-bond donors (Lipinski definition) is 0. The van der Waals surface area contributed by atoms with Gasteiger partial charge < -0.3 is 0 Å². The number of nitrogens with zero attached hydrogens (tertiary/aromatic N) is 2. The molecular formula is C5H6N2. The van der Waals surface area contributed by atoms with Crippen LogP contribution >= 0.6 is 0 Å². The first-order chi connectivity index (χ1) is 3.79. The van der Waals surface area contributed by atoms with Gasteiger partial charge >= 0.3 is 0 Å². The zero-order valence-electron chi connectivity index (χ0n) is 5.05. The standard InChI is InChI=1S/C5H6N2/c1-5-6-3-2-4-7-5/h2-4H,1H3/i2D. The quantitative estimate of drug-likeness (QED) is 0.476. The van der Waals surface area contributed by atoms with Crippen molar-refractivity contribution < 1.29 is 1.37 Å². The highest BCUT2D eigenvalue weighted by molar-refractivity contribution is 4.83. The molecule has 2 heteroatoms. The second-order valence-electron chi connectivity index (χ2n) is 1.23. The maximum absolute atomic E-state index is 6.97. The van der Waals surface area contributed by atoms with E-state index in [9.17, 15) is 0 Å². The lowest BCUT2D eigenvalue weighted by atomic mass is 10.6. The smallest absolute Gasteiger partial charge is 0.125 e. The van der Waals surface area contributed by atoms with Crippen LogP contribution in [0, 0.1) is 6.92 Å². The predicted molar refractivity (Wildman–Crippen MR) is 26.8 cm³/mol. The highest BCUT2D eigenvalue weighted by Crippen LogP contribution is 1.78. The van der Waals surface area contributed by atoms with Crippen LogP contribution in [0.4, 0.5) is 0 Å². The minimum atomic E-state index is 0.357. The average Bonchev–Trinajstić information content (AvgIpc) is 1.77. The SMILES string of the molecule is [2H]c1cnc(C)nc1. The van der Waals surface area contributed by atoms with Crippen LogP contribution in [-0.4, -0.2) is 9.97 Å². The van der Waals surface area contributed by atoms with Crippen molar-refractivity contribution in [2.75, 3.05) is 0 Å². The van der Waals surface area contributed by atoms with Gasteiger partial charge in [-0.2, -0.15) is 0 Å². The third-order valence-electron chi connectivity index (χ3n) is 0.652. The van der Waals surface area contributed by atoms with Gasteiger partial charge in [-0.25, -0.2) is 9.97 Å². The van der Waals surface area contributed by atoms with Gasteiger partial charge in [0.1, 0.15) is 5.82 Å². The molecule has 0 aromatic carbocycles. The summed E-state index contributed by atoms with van der Waals surface area (Å²) in [6.45, 7) is 1.79. The third kappa shape index (κ3) is 0.961. The molecular weight excluding hydrogens is 88.1 g/mol. The van der Waals surface area contributed by atoms with Gasteiger partial charge in [-0.05, 0) is 13.0 Å². The zero-order valence-corrected chi connectivity index (χ0v) is 4.05. The first-order valence-electron chi connectivity index (χ1n) is 2.54. The van der Waals surface area contributed by atoms with Crippen LogP contribution in [0.5, 0.6) is 0 Å². The molecule has 0 unspecified atom stereocenters. The van der Waals surface area contributed by atoms with Crippen molar-refractivity contribution >= 4 is 0 Å². The Labute approximate surface area is 43.6 Å². The minimum absolute atomic E-state index is 0.357. The molecule has 0 aliphatic carbocycles. The largest absolute Gasteiger partial charge is 0.242 e. The van der Waals surface area contributed by atoms with Gasteiger partial charge in [-0.15, -0.1) is 0 Å². The van der Waals surface area contributed by atoms with Crippen molar-refractivity contribution in [3.63, 3.8) is 0 Å². The van der Waals surface area contributed by atoms with E-state index in [-0.39, 0.29) is 0 Å². The fraction of sp³-hybridized carbons (Fsp3) is 0.200. The van der Waals surface area contributed by atoms with Gasteiger partial charge in [0.15, 0.2) is 0 Å². The summed E-state index contributed by atoms with van der Waals surface area (Å²) in [5.41, 5.74) is 0. The third-order valence-corrected chi connectivity index (χ3v) is 0.652. The minimum Gasteiger partial charge on any atom is -0.242 e. The molecule has 1 aromatic rings. The summed E-state index contributed by atoms with van der Waals surface area (Å²) in [4.78, 5) is 7.56. The second kappa shape index (κ2) is 1.69. The number of hydrogen-bond acceptors (Lipinski definition) is 2. The van der Waals surface area contributed by atoms with Crippen LogP contribution in [0.25, 0.3) is 0 Å². The molecule has 0 fully saturated rings. The fourth-order valence-electron chi connectivity index (χ4n) is 0.328. The van der Waals surface area contributed by atoms with Crippen molar-refractivity contribution in [3.05, 3.63) is 24.3 Å². The molecule has 0 bridgehead atoms. The molecule has 0 amide bonds. The van der Waals surface area contributed by atoms with Gasteiger partial charge in [0.25, 0.3) is 0 Å². The predicted octanol–water partition coefficient (Wildman–Crippen LogP) is 0.785. The Morgan fingerprint density at radius 2 is 2.14 bits per heavy atom.